The molecule has 1 aromatic carbocycles. The lowest BCUT2D eigenvalue weighted by Crippen LogP contribution is -2.62. The van der Waals surface area contributed by atoms with Gasteiger partial charge >= 0.3 is 0 Å². The van der Waals surface area contributed by atoms with E-state index in [1.807, 2.05) is 0 Å². The van der Waals surface area contributed by atoms with E-state index in [0.29, 0.717) is 18.4 Å². The largest absolute Gasteiger partial charge is 0.386 e. The van der Waals surface area contributed by atoms with E-state index < -0.39 is 23.3 Å². The van der Waals surface area contributed by atoms with Crippen LogP contribution in [0.15, 0.2) is 48.9 Å². The Morgan fingerprint density at radius 1 is 1.17 bits per heavy atom. The smallest absolute Gasteiger partial charge is 0.185 e. The fraction of sp³-hybridized carbons (Fsp3) is 0.385. The highest BCUT2D eigenvalue weighted by molar-refractivity contribution is 5.96. The molecule has 1 aliphatic heterocycles. The number of hydrogen-bond donors (Lipinski definition) is 2. The molecule has 2 aliphatic rings. The number of pyridine rings is 1. The molecule has 0 bridgehead atoms. The van der Waals surface area contributed by atoms with Crippen LogP contribution in [-0.4, -0.2) is 43.6 Å². The van der Waals surface area contributed by atoms with Gasteiger partial charge in [-0.15, -0.1) is 0 Å². The number of benzene rings is 1. The summed E-state index contributed by atoms with van der Waals surface area (Å²) < 4.78 is 34.7. The summed E-state index contributed by atoms with van der Waals surface area (Å²) in [7, 11) is 0. The van der Waals surface area contributed by atoms with Crippen LogP contribution >= 0.6 is 0 Å². The third kappa shape index (κ3) is 4.47. The first-order valence-corrected chi connectivity index (χ1v) is 11.7. The maximum absolute atomic E-state index is 14.2. The summed E-state index contributed by atoms with van der Waals surface area (Å²) in [5.74, 6) is -2.17. The molecule has 1 saturated carbocycles. The average Bonchev–Trinajstić information content (AvgIpc) is 2.85. The molecule has 1 aliphatic carbocycles. The number of aromatic nitrogens is 3. The van der Waals surface area contributed by atoms with E-state index in [4.69, 9.17) is 10.5 Å². The Labute approximate surface area is 201 Å². The van der Waals surface area contributed by atoms with Crippen molar-refractivity contribution in [3.8, 4) is 11.4 Å². The average molecular weight is 481 g/mol. The number of fused-ring (bicyclic) bond motifs is 1. The van der Waals surface area contributed by atoms with Crippen LogP contribution < -0.4 is 5.73 Å². The van der Waals surface area contributed by atoms with Crippen LogP contribution in [0, 0.1) is 11.6 Å². The molecule has 9 heteroatoms. The Morgan fingerprint density at radius 2 is 1.97 bits per heavy atom. The number of carbonyl (C=O) groups excluding carboxylic acids is 1. The monoisotopic (exact) mass is 480 g/mol. The van der Waals surface area contributed by atoms with E-state index in [1.54, 1.807) is 18.5 Å². The molecule has 7 nitrogen and oxygen atoms in total. The molecule has 0 unspecified atom stereocenters. The lowest BCUT2D eigenvalue weighted by Gasteiger charge is -2.49. The predicted molar refractivity (Wildman–Crippen MR) is 123 cm³/mol. The van der Waals surface area contributed by atoms with E-state index in [1.165, 1.54) is 18.3 Å². The molecular weight excluding hydrogens is 454 g/mol. The number of ether oxygens (including phenoxy) is 1. The molecule has 3 aromatic rings. The number of aliphatic hydroxyl groups is 1. The standard InChI is InChI=1S/C26H26F2N4O3/c27-17-4-3-5-18(28)24(17)25-31-11-8-19(32-25)20(33)12-15-14-30-10-7-16(15)21-13-22(29)26(34)9-2-1-6-23(26)35-21/h3-5,7-8,10-11,14,21-23,34H,1-2,6,9,12-13,29H2/t21-,22-,23-,26+/m1/s1. The topological polar surface area (TPSA) is 111 Å². The van der Waals surface area contributed by atoms with E-state index >= 15 is 0 Å². The van der Waals surface area contributed by atoms with Crippen molar-refractivity contribution in [2.75, 3.05) is 0 Å². The number of nitrogens with zero attached hydrogens (tertiary/aromatic N) is 3. The van der Waals surface area contributed by atoms with Gasteiger partial charge in [0.15, 0.2) is 11.6 Å². The van der Waals surface area contributed by atoms with Gasteiger partial charge in [0.25, 0.3) is 0 Å². The van der Waals surface area contributed by atoms with Crippen LogP contribution in [0.2, 0.25) is 0 Å². The second-order valence-electron chi connectivity index (χ2n) is 9.23. The van der Waals surface area contributed by atoms with E-state index in [-0.39, 0.29) is 41.5 Å². The minimum Gasteiger partial charge on any atom is -0.386 e. The quantitative estimate of drug-likeness (QED) is 0.536. The first-order chi connectivity index (χ1) is 16.9. The number of carbonyl (C=O) groups is 1. The van der Waals surface area contributed by atoms with Crippen LogP contribution in [0.5, 0.6) is 0 Å². The van der Waals surface area contributed by atoms with E-state index in [9.17, 15) is 18.7 Å². The van der Waals surface area contributed by atoms with Crippen molar-refractivity contribution in [1.82, 2.24) is 15.0 Å². The van der Waals surface area contributed by atoms with Gasteiger partial charge in [-0.25, -0.2) is 18.7 Å². The Balaban J connectivity index is 1.39. The summed E-state index contributed by atoms with van der Waals surface area (Å²) in [6.45, 7) is 0. The maximum Gasteiger partial charge on any atom is 0.185 e. The molecule has 3 N–H and O–H groups in total. The Kier molecular flexibility index (Phi) is 6.39. The zero-order valence-electron chi connectivity index (χ0n) is 19.0. The van der Waals surface area contributed by atoms with Gasteiger partial charge in [-0.05, 0) is 54.7 Å². The fourth-order valence-electron chi connectivity index (χ4n) is 5.16. The van der Waals surface area contributed by atoms with Crippen molar-refractivity contribution in [1.29, 1.82) is 0 Å². The van der Waals surface area contributed by atoms with Crippen LogP contribution in [0.1, 0.15) is 59.8 Å². The molecule has 0 amide bonds. The number of nitrogens with two attached hydrogens (primary N) is 1. The van der Waals surface area contributed by atoms with Gasteiger partial charge in [-0.2, -0.15) is 0 Å². The second kappa shape index (κ2) is 9.49. The molecule has 1 saturated heterocycles. The number of hydrogen-bond acceptors (Lipinski definition) is 7. The van der Waals surface area contributed by atoms with Gasteiger partial charge < -0.3 is 15.6 Å². The van der Waals surface area contributed by atoms with Crippen molar-refractivity contribution < 1.29 is 23.4 Å². The number of halogens is 2. The number of ketones is 1. The molecular formula is C26H26F2N4O3. The molecule has 5 rings (SSSR count). The second-order valence-corrected chi connectivity index (χ2v) is 9.23. The van der Waals surface area contributed by atoms with Crippen LogP contribution in [0.25, 0.3) is 11.4 Å². The minimum atomic E-state index is -1.03. The third-order valence-corrected chi connectivity index (χ3v) is 7.06. The van der Waals surface area contributed by atoms with Crippen molar-refractivity contribution in [3.05, 3.63) is 77.4 Å². The van der Waals surface area contributed by atoms with Crippen molar-refractivity contribution in [3.63, 3.8) is 0 Å². The maximum atomic E-state index is 14.2. The first kappa shape index (κ1) is 23.6. The molecule has 0 spiro atoms. The summed E-state index contributed by atoms with van der Waals surface area (Å²) in [5.41, 5.74) is 6.45. The molecule has 2 aromatic heterocycles. The molecule has 2 fully saturated rings. The highest BCUT2D eigenvalue weighted by Crippen LogP contribution is 2.43. The number of rotatable bonds is 5. The highest BCUT2D eigenvalue weighted by Gasteiger charge is 2.50. The molecule has 35 heavy (non-hydrogen) atoms. The van der Waals surface area contributed by atoms with Crippen LogP contribution in [-0.2, 0) is 11.2 Å². The van der Waals surface area contributed by atoms with Crippen molar-refractivity contribution >= 4 is 5.78 Å². The zero-order valence-corrected chi connectivity index (χ0v) is 19.0. The van der Waals surface area contributed by atoms with Crippen molar-refractivity contribution in [2.24, 2.45) is 5.73 Å². The van der Waals surface area contributed by atoms with Gasteiger partial charge in [0.1, 0.15) is 22.9 Å². The van der Waals surface area contributed by atoms with Gasteiger partial charge in [0.2, 0.25) is 0 Å². The first-order valence-electron chi connectivity index (χ1n) is 11.7. The molecule has 182 valence electrons. The van der Waals surface area contributed by atoms with Gasteiger partial charge in [0.05, 0.1) is 17.8 Å². The Bertz CT molecular complexity index is 1240. The summed E-state index contributed by atoms with van der Waals surface area (Å²) in [5, 5.41) is 11.1. The van der Waals surface area contributed by atoms with Crippen LogP contribution in [0.4, 0.5) is 8.78 Å². The predicted octanol–water partition coefficient (Wildman–Crippen LogP) is 3.70. The number of Topliss-reactive ketones (excluding diaryl/α,β-unsaturated/α-hetero) is 1. The summed E-state index contributed by atoms with van der Waals surface area (Å²) in [6.07, 6.45) is 7.40. The summed E-state index contributed by atoms with van der Waals surface area (Å²) in [4.78, 5) is 25.4. The van der Waals surface area contributed by atoms with Gasteiger partial charge in [0, 0.05) is 31.1 Å². The van der Waals surface area contributed by atoms with E-state index in [0.717, 1.165) is 37.0 Å². The highest BCUT2D eigenvalue weighted by atomic mass is 19.1. The third-order valence-electron chi connectivity index (χ3n) is 7.06. The lowest BCUT2D eigenvalue weighted by molar-refractivity contribution is -0.202. The lowest BCUT2D eigenvalue weighted by atomic mass is 9.73. The van der Waals surface area contributed by atoms with Crippen LogP contribution in [0.3, 0.4) is 0 Å². The molecule has 3 heterocycles. The molecule has 4 atom stereocenters. The SMILES string of the molecule is N[C@@H]1C[C@H](c2ccncc2CC(=O)c2ccnc(-c3c(F)cccc3F)n2)O[C@@H]2CCCC[C@]12O. The van der Waals surface area contributed by atoms with E-state index in [2.05, 4.69) is 15.0 Å². The Morgan fingerprint density at radius 3 is 2.77 bits per heavy atom. The van der Waals surface area contributed by atoms with Gasteiger partial charge in [-0.3, -0.25) is 9.78 Å². The Hall–Kier alpha value is -3.14. The zero-order chi connectivity index (χ0) is 24.6. The summed E-state index contributed by atoms with van der Waals surface area (Å²) >= 11 is 0. The van der Waals surface area contributed by atoms with Crippen molar-refractivity contribution in [2.45, 2.75) is 62.4 Å². The van der Waals surface area contributed by atoms with Gasteiger partial charge in [-0.1, -0.05) is 18.9 Å². The summed E-state index contributed by atoms with van der Waals surface area (Å²) in [6, 6.07) is 6.24. The minimum absolute atomic E-state index is 0.0374. The normalized spacial score (nSPS) is 26.2. The molecule has 0 radical (unpaired) electrons. The fourth-order valence-corrected chi connectivity index (χ4v) is 5.16.